The number of nitrogens with zero attached hydrogens (tertiary/aromatic N) is 3. The van der Waals surface area contributed by atoms with Gasteiger partial charge < -0.3 is 18.5 Å². The van der Waals surface area contributed by atoms with Crippen LogP contribution < -0.4 is 4.90 Å². The lowest BCUT2D eigenvalue weighted by Gasteiger charge is -2.27. The number of benzene rings is 8. The minimum absolute atomic E-state index is 0.860. The zero-order valence-electron chi connectivity index (χ0n) is 28.1. The maximum Gasteiger partial charge on any atom is 0.159 e. The molecule has 0 amide bonds. The molecule has 0 bridgehead atoms. The number of aromatic nitrogens is 2. The molecular weight excluding hydrogens is 635 g/mol. The largest absolute Gasteiger partial charge is 0.454 e. The number of anilines is 3. The van der Waals surface area contributed by atoms with E-state index in [0.717, 1.165) is 55.9 Å². The van der Waals surface area contributed by atoms with Gasteiger partial charge in [-0.15, -0.1) is 0 Å². The third-order valence-corrected chi connectivity index (χ3v) is 10.5. The fourth-order valence-corrected chi connectivity index (χ4v) is 8.31. The average molecular weight is 666 g/mol. The Kier molecular flexibility index (Phi) is 6.22. The zero-order chi connectivity index (χ0) is 34.2. The van der Waals surface area contributed by atoms with Gasteiger partial charge in [0.15, 0.2) is 5.58 Å². The zero-order valence-corrected chi connectivity index (χ0v) is 28.1. The van der Waals surface area contributed by atoms with Gasteiger partial charge in [-0.05, 0) is 78.9 Å². The van der Waals surface area contributed by atoms with Crippen molar-refractivity contribution in [2.45, 2.75) is 0 Å². The molecule has 11 rings (SSSR count). The molecule has 52 heavy (non-hydrogen) atoms. The van der Waals surface area contributed by atoms with Crippen molar-refractivity contribution in [1.82, 2.24) is 9.13 Å². The number of furan rings is 1. The number of fused-ring (bicyclic) bond motifs is 9. The first-order valence-electron chi connectivity index (χ1n) is 17.7. The Morgan fingerprint density at radius 1 is 0.346 bits per heavy atom. The van der Waals surface area contributed by atoms with Gasteiger partial charge in [0.2, 0.25) is 0 Å². The van der Waals surface area contributed by atoms with E-state index in [4.69, 9.17) is 4.42 Å². The van der Waals surface area contributed by atoms with Crippen molar-refractivity contribution in [2.75, 3.05) is 4.90 Å². The molecule has 0 aliphatic rings. The highest BCUT2D eigenvalue weighted by atomic mass is 16.3. The topological polar surface area (TPSA) is 26.2 Å². The summed E-state index contributed by atoms with van der Waals surface area (Å²) in [6.07, 6.45) is 0. The highest BCUT2D eigenvalue weighted by Gasteiger charge is 2.24. The fourth-order valence-electron chi connectivity index (χ4n) is 8.31. The van der Waals surface area contributed by atoms with Gasteiger partial charge in [-0.1, -0.05) is 109 Å². The highest BCUT2D eigenvalue weighted by Crippen LogP contribution is 2.47. The molecule has 0 fully saturated rings. The van der Waals surface area contributed by atoms with Gasteiger partial charge in [-0.25, -0.2) is 0 Å². The number of rotatable bonds is 5. The van der Waals surface area contributed by atoms with E-state index >= 15 is 0 Å². The molecule has 0 aliphatic heterocycles. The summed E-state index contributed by atoms with van der Waals surface area (Å²) in [5.41, 5.74) is 11.8. The van der Waals surface area contributed by atoms with Gasteiger partial charge in [-0.2, -0.15) is 0 Å². The first-order chi connectivity index (χ1) is 25.8. The van der Waals surface area contributed by atoms with Crippen molar-refractivity contribution in [1.29, 1.82) is 0 Å². The third kappa shape index (κ3) is 4.15. The van der Waals surface area contributed by atoms with E-state index in [9.17, 15) is 0 Å². The summed E-state index contributed by atoms with van der Waals surface area (Å²) in [4.78, 5) is 2.38. The fraction of sp³-hybridized carbons (Fsp3) is 0. The van der Waals surface area contributed by atoms with Crippen LogP contribution in [0.1, 0.15) is 0 Å². The Morgan fingerprint density at radius 3 is 1.58 bits per heavy atom. The average Bonchev–Trinajstić information content (AvgIpc) is 3.87. The van der Waals surface area contributed by atoms with Gasteiger partial charge in [0, 0.05) is 49.4 Å². The molecule has 11 aromatic rings. The van der Waals surface area contributed by atoms with Gasteiger partial charge in [0.25, 0.3) is 0 Å². The molecule has 0 N–H and O–H groups in total. The van der Waals surface area contributed by atoms with Gasteiger partial charge in [0.1, 0.15) is 5.58 Å². The second kappa shape index (κ2) is 11.2. The standard InChI is InChI=1S/C48H31N3O/c1-2-14-32(15-3-1)50-42-23-10-6-19-39(42)47-43(50)24-13-25-44(47)51(45-26-12-20-38-37-18-7-11-27-46(37)52-48(38)45)34-30-28-33(29-31-34)49-40-21-8-4-16-35(40)36-17-5-9-22-41(36)49/h1-31H. The molecule has 0 saturated carbocycles. The number of hydrogen-bond acceptors (Lipinski definition) is 2. The number of para-hydroxylation sites is 6. The molecule has 4 nitrogen and oxygen atoms in total. The lowest BCUT2D eigenvalue weighted by Crippen LogP contribution is -2.11. The highest BCUT2D eigenvalue weighted by molar-refractivity contribution is 6.18. The first kappa shape index (κ1) is 28.8. The number of hydrogen-bond donors (Lipinski definition) is 0. The molecule has 0 radical (unpaired) electrons. The summed E-state index contributed by atoms with van der Waals surface area (Å²) in [6, 6.07) is 67.1. The van der Waals surface area contributed by atoms with Crippen LogP contribution in [0.5, 0.6) is 0 Å². The monoisotopic (exact) mass is 665 g/mol. The van der Waals surface area contributed by atoms with Crippen LogP contribution in [-0.2, 0) is 0 Å². The molecular formula is C48H31N3O. The minimum atomic E-state index is 0.860. The van der Waals surface area contributed by atoms with E-state index < -0.39 is 0 Å². The first-order valence-corrected chi connectivity index (χ1v) is 17.7. The second-order valence-corrected chi connectivity index (χ2v) is 13.3. The molecule has 0 aliphatic carbocycles. The summed E-state index contributed by atoms with van der Waals surface area (Å²) >= 11 is 0. The molecule has 3 aromatic heterocycles. The summed E-state index contributed by atoms with van der Waals surface area (Å²) in [7, 11) is 0. The van der Waals surface area contributed by atoms with E-state index in [-0.39, 0.29) is 0 Å². The van der Waals surface area contributed by atoms with Crippen LogP contribution in [0.3, 0.4) is 0 Å². The molecule has 0 atom stereocenters. The summed E-state index contributed by atoms with van der Waals surface area (Å²) in [6.45, 7) is 0. The Balaban J connectivity index is 1.19. The van der Waals surface area contributed by atoms with Crippen molar-refractivity contribution < 1.29 is 4.42 Å². The van der Waals surface area contributed by atoms with Crippen molar-refractivity contribution in [3.8, 4) is 11.4 Å². The predicted molar refractivity (Wildman–Crippen MR) is 217 cm³/mol. The van der Waals surface area contributed by atoms with Crippen LogP contribution in [0.15, 0.2) is 192 Å². The Morgan fingerprint density at radius 2 is 0.846 bits per heavy atom. The summed E-state index contributed by atoms with van der Waals surface area (Å²) in [5, 5.41) is 7.09. The maximum absolute atomic E-state index is 6.71. The van der Waals surface area contributed by atoms with E-state index in [1.807, 2.05) is 6.07 Å². The van der Waals surface area contributed by atoms with Crippen LogP contribution in [0.25, 0.3) is 76.9 Å². The van der Waals surface area contributed by atoms with Crippen molar-refractivity contribution >= 4 is 82.6 Å². The molecule has 8 aromatic carbocycles. The van der Waals surface area contributed by atoms with Crippen LogP contribution in [0, 0.1) is 0 Å². The van der Waals surface area contributed by atoms with Gasteiger partial charge in [0.05, 0.1) is 33.4 Å². The van der Waals surface area contributed by atoms with Crippen LogP contribution in [0.2, 0.25) is 0 Å². The normalized spacial score (nSPS) is 11.8. The lowest BCUT2D eigenvalue weighted by atomic mass is 10.1. The van der Waals surface area contributed by atoms with Crippen molar-refractivity contribution in [3.63, 3.8) is 0 Å². The Hall–Kier alpha value is -7.04. The summed E-state index contributed by atoms with van der Waals surface area (Å²) in [5.74, 6) is 0. The van der Waals surface area contributed by atoms with Crippen LogP contribution in [-0.4, -0.2) is 9.13 Å². The molecule has 244 valence electrons. The second-order valence-electron chi connectivity index (χ2n) is 13.3. The van der Waals surface area contributed by atoms with Crippen LogP contribution >= 0.6 is 0 Å². The van der Waals surface area contributed by atoms with Crippen LogP contribution in [0.4, 0.5) is 17.1 Å². The molecule has 0 spiro atoms. The smallest absolute Gasteiger partial charge is 0.159 e. The van der Waals surface area contributed by atoms with E-state index in [0.29, 0.717) is 0 Å². The van der Waals surface area contributed by atoms with E-state index in [2.05, 4.69) is 196 Å². The summed E-state index contributed by atoms with van der Waals surface area (Å²) < 4.78 is 11.5. The molecule has 3 heterocycles. The lowest BCUT2D eigenvalue weighted by molar-refractivity contribution is 0.669. The van der Waals surface area contributed by atoms with Crippen molar-refractivity contribution in [3.05, 3.63) is 188 Å². The Labute approximate surface area is 299 Å². The maximum atomic E-state index is 6.71. The predicted octanol–water partition coefficient (Wildman–Crippen LogP) is 13.2. The van der Waals surface area contributed by atoms with E-state index in [1.165, 1.54) is 38.1 Å². The molecule has 4 heteroatoms. The van der Waals surface area contributed by atoms with E-state index in [1.54, 1.807) is 0 Å². The van der Waals surface area contributed by atoms with Gasteiger partial charge in [-0.3, -0.25) is 0 Å². The quantitative estimate of drug-likeness (QED) is 0.183. The SMILES string of the molecule is c1ccc(-n2c3ccccc3c3c(N(c4ccc(-n5c6ccccc6c6ccccc65)cc4)c4cccc5c4oc4ccccc45)cccc32)cc1. The van der Waals surface area contributed by atoms with Gasteiger partial charge >= 0.3 is 0 Å². The molecule has 0 unspecified atom stereocenters. The minimum Gasteiger partial charge on any atom is -0.454 e. The third-order valence-electron chi connectivity index (χ3n) is 10.5. The van der Waals surface area contributed by atoms with Crippen molar-refractivity contribution in [2.24, 2.45) is 0 Å². The molecule has 0 saturated heterocycles. The Bertz CT molecular complexity index is 3080.